The van der Waals surface area contributed by atoms with Crippen LogP contribution in [0, 0.1) is 23.3 Å². The number of hydrogen-bond donors (Lipinski definition) is 0. The molecule has 1 aliphatic rings. The van der Waals surface area contributed by atoms with Crippen molar-refractivity contribution in [2.24, 2.45) is 0 Å². The summed E-state index contributed by atoms with van der Waals surface area (Å²) in [5, 5.41) is 0. The third kappa shape index (κ3) is 2.06. The summed E-state index contributed by atoms with van der Waals surface area (Å²) < 4.78 is 52.3. The summed E-state index contributed by atoms with van der Waals surface area (Å²) in [4.78, 5) is 11.5. The summed E-state index contributed by atoms with van der Waals surface area (Å²) in [5.41, 5.74) is -0.369. The highest BCUT2D eigenvalue weighted by Gasteiger charge is 2.30. The van der Waals surface area contributed by atoms with E-state index in [0.29, 0.717) is 25.3 Å². The van der Waals surface area contributed by atoms with Crippen LogP contribution < -0.4 is 0 Å². The molecule has 0 unspecified atom stereocenters. The number of carbonyl (C=O) groups is 1. The lowest BCUT2D eigenvalue weighted by Crippen LogP contribution is -2.19. The summed E-state index contributed by atoms with van der Waals surface area (Å²) in [6, 6.07) is 0.585. The lowest BCUT2D eigenvalue weighted by atomic mass is 9.82. The normalized spacial score (nSPS) is 20.7. The van der Waals surface area contributed by atoms with Gasteiger partial charge in [-0.2, -0.15) is 0 Å². The second kappa shape index (κ2) is 4.47. The maximum Gasteiger partial charge on any atom is 0.197 e. The highest BCUT2D eigenvalue weighted by Crippen LogP contribution is 2.33. The van der Waals surface area contributed by atoms with Gasteiger partial charge in [-0.25, -0.2) is 17.6 Å². The lowest BCUT2D eigenvalue weighted by Gasteiger charge is -2.21. The summed E-state index contributed by atoms with van der Waals surface area (Å²) in [5.74, 6) is -7.71. The van der Waals surface area contributed by atoms with Crippen LogP contribution in [-0.2, 0) is 4.79 Å². The van der Waals surface area contributed by atoms with Crippen LogP contribution in [0.15, 0.2) is 6.07 Å². The van der Waals surface area contributed by atoms with Crippen molar-refractivity contribution in [1.29, 1.82) is 0 Å². The zero-order valence-corrected chi connectivity index (χ0v) is 8.90. The van der Waals surface area contributed by atoms with Gasteiger partial charge >= 0.3 is 0 Å². The molecule has 1 aromatic rings. The fourth-order valence-corrected chi connectivity index (χ4v) is 2.16. The topological polar surface area (TPSA) is 17.1 Å². The molecule has 0 aromatic heterocycles. The Morgan fingerprint density at radius 1 is 1.00 bits per heavy atom. The predicted molar refractivity (Wildman–Crippen MR) is 52.5 cm³/mol. The van der Waals surface area contributed by atoms with Crippen molar-refractivity contribution in [1.82, 2.24) is 0 Å². The van der Waals surface area contributed by atoms with Crippen molar-refractivity contribution in [3.63, 3.8) is 0 Å². The smallest absolute Gasteiger partial charge is 0.197 e. The van der Waals surface area contributed by atoms with E-state index in [1.807, 2.05) is 0 Å². The first kappa shape index (κ1) is 12.1. The average molecular weight is 246 g/mol. The Labute approximate surface area is 95.4 Å². The van der Waals surface area contributed by atoms with Crippen LogP contribution in [0.1, 0.15) is 37.2 Å². The molecule has 0 saturated heterocycles. The van der Waals surface area contributed by atoms with E-state index in [9.17, 15) is 22.4 Å². The van der Waals surface area contributed by atoms with Crippen LogP contribution in [0.2, 0.25) is 0 Å². The van der Waals surface area contributed by atoms with Gasteiger partial charge in [0.1, 0.15) is 5.78 Å². The molecule has 0 bridgehead atoms. The minimum atomic E-state index is -1.85. The van der Waals surface area contributed by atoms with Gasteiger partial charge in [0.2, 0.25) is 0 Å². The summed E-state index contributed by atoms with van der Waals surface area (Å²) >= 11 is 0. The summed E-state index contributed by atoms with van der Waals surface area (Å²) in [7, 11) is 0. The van der Waals surface area contributed by atoms with Crippen molar-refractivity contribution in [2.75, 3.05) is 0 Å². The van der Waals surface area contributed by atoms with E-state index in [1.54, 1.807) is 0 Å². The number of hydrogen-bond acceptors (Lipinski definition) is 1. The molecule has 92 valence electrons. The molecule has 0 amide bonds. The van der Waals surface area contributed by atoms with E-state index >= 15 is 0 Å². The summed E-state index contributed by atoms with van der Waals surface area (Å²) in [6.07, 6.45) is 2.00. The molecule has 1 atom stereocenters. The van der Waals surface area contributed by atoms with Crippen molar-refractivity contribution in [3.05, 3.63) is 34.9 Å². The molecule has 1 nitrogen and oxygen atoms in total. The van der Waals surface area contributed by atoms with Gasteiger partial charge in [0, 0.05) is 17.9 Å². The molecule has 1 saturated carbocycles. The first-order valence-electron chi connectivity index (χ1n) is 5.38. The molecule has 0 N–H and O–H groups in total. The number of rotatable bonds is 1. The standard InChI is InChI=1S/C12H10F4O/c13-8-5-7(10(14)12(16)11(8)15)6-3-1-2-4-9(6)17/h5-6H,1-4H2/t6-/m1/s1. The fourth-order valence-electron chi connectivity index (χ4n) is 2.16. The number of ketones is 1. The van der Waals surface area contributed by atoms with E-state index in [4.69, 9.17) is 0 Å². The minimum absolute atomic E-state index is 0.249. The van der Waals surface area contributed by atoms with Crippen LogP contribution in [-0.4, -0.2) is 5.78 Å². The quantitative estimate of drug-likeness (QED) is 0.421. The Morgan fingerprint density at radius 3 is 2.35 bits per heavy atom. The summed E-state index contributed by atoms with van der Waals surface area (Å²) in [6.45, 7) is 0. The van der Waals surface area contributed by atoms with Gasteiger partial charge in [-0.1, -0.05) is 6.42 Å². The Morgan fingerprint density at radius 2 is 1.71 bits per heavy atom. The van der Waals surface area contributed by atoms with Crippen LogP contribution in [0.3, 0.4) is 0 Å². The molecule has 1 aromatic carbocycles. The van der Waals surface area contributed by atoms with Crippen molar-refractivity contribution in [3.8, 4) is 0 Å². The number of halogens is 4. The molecule has 1 aliphatic carbocycles. The average Bonchev–Trinajstić information content (AvgIpc) is 2.32. The Kier molecular flexibility index (Phi) is 3.17. The highest BCUT2D eigenvalue weighted by molar-refractivity contribution is 5.86. The van der Waals surface area contributed by atoms with Crippen molar-refractivity contribution in [2.45, 2.75) is 31.6 Å². The highest BCUT2D eigenvalue weighted by atomic mass is 19.2. The molecule has 0 aliphatic heterocycles. The van der Waals surface area contributed by atoms with E-state index in [0.717, 1.165) is 0 Å². The van der Waals surface area contributed by atoms with Gasteiger partial charge in [-0.15, -0.1) is 0 Å². The van der Waals surface area contributed by atoms with Crippen molar-refractivity contribution < 1.29 is 22.4 Å². The Balaban J connectivity index is 2.48. The van der Waals surface area contributed by atoms with Crippen molar-refractivity contribution >= 4 is 5.78 Å². The van der Waals surface area contributed by atoms with E-state index in [2.05, 4.69) is 0 Å². The molecule has 1 fully saturated rings. The number of benzene rings is 1. The third-order valence-corrected chi connectivity index (χ3v) is 3.06. The monoisotopic (exact) mass is 246 g/mol. The molecular formula is C12H10F4O. The lowest BCUT2D eigenvalue weighted by molar-refractivity contribution is -0.121. The minimum Gasteiger partial charge on any atom is -0.299 e. The van der Waals surface area contributed by atoms with Gasteiger partial charge in [0.25, 0.3) is 0 Å². The van der Waals surface area contributed by atoms with Gasteiger partial charge in [0.15, 0.2) is 23.3 Å². The number of carbonyl (C=O) groups excluding carboxylic acids is 1. The first-order valence-corrected chi connectivity index (χ1v) is 5.38. The van der Waals surface area contributed by atoms with E-state index < -0.39 is 29.2 Å². The Hall–Kier alpha value is -1.39. The van der Waals surface area contributed by atoms with Crippen LogP contribution in [0.5, 0.6) is 0 Å². The molecular weight excluding hydrogens is 236 g/mol. The second-order valence-electron chi connectivity index (χ2n) is 4.15. The fraction of sp³-hybridized carbons (Fsp3) is 0.417. The molecule has 0 heterocycles. The second-order valence-corrected chi connectivity index (χ2v) is 4.15. The number of Topliss-reactive ketones (excluding diaryl/α,β-unsaturated/α-hetero) is 1. The largest absolute Gasteiger partial charge is 0.299 e. The van der Waals surface area contributed by atoms with Gasteiger partial charge in [-0.3, -0.25) is 4.79 Å². The predicted octanol–water partition coefficient (Wildman–Crippen LogP) is 3.47. The zero-order valence-electron chi connectivity index (χ0n) is 8.90. The van der Waals surface area contributed by atoms with Gasteiger partial charge in [-0.05, 0) is 18.9 Å². The van der Waals surface area contributed by atoms with Crippen LogP contribution in [0.25, 0.3) is 0 Å². The maximum absolute atomic E-state index is 13.5. The van der Waals surface area contributed by atoms with Crippen LogP contribution >= 0.6 is 0 Å². The SMILES string of the molecule is O=C1CCCC[C@@H]1c1cc(F)c(F)c(F)c1F. The van der Waals surface area contributed by atoms with Crippen LogP contribution in [0.4, 0.5) is 17.6 Å². The maximum atomic E-state index is 13.5. The van der Waals surface area contributed by atoms with E-state index in [1.165, 1.54) is 0 Å². The van der Waals surface area contributed by atoms with E-state index in [-0.39, 0.29) is 17.8 Å². The molecule has 5 heteroatoms. The Bertz CT molecular complexity index is 470. The molecule has 0 radical (unpaired) electrons. The zero-order chi connectivity index (χ0) is 12.6. The first-order chi connectivity index (χ1) is 8.02. The molecule has 0 spiro atoms. The third-order valence-electron chi connectivity index (χ3n) is 3.06. The van der Waals surface area contributed by atoms with Gasteiger partial charge < -0.3 is 0 Å². The molecule has 2 rings (SSSR count). The van der Waals surface area contributed by atoms with Gasteiger partial charge in [0.05, 0.1) is 0 Å². The molecule has 17 heavy (non-hydrogen) atoms.